The van der Waals surface area contributed by atoms with Gasteiger partial charge < -0.3 is 15.0 Å². The van der Waals surface area contributed by atoms with E-state index in [0.717, 1.165) is 41.3 Å². The molecule has 0 unspecified atom stereocenters. The number of carbonyl (C=O) groups excluding carboxylic acids is 2. The van der Waals surface area contributed by atoms with Gasteiger partial charge in [0.05, 0.1) is 10.9 Å². The van der Waals surface area contributed by atoms with Crippen molar-refractivity contribution in [3.05, 3.63) is 56.1 Å². The fraction of sp³-hybridized carbons (Fsp3) is 0.440. The molecule has 202 valence electrons. The highest BCUT2D eigenvalue weighted by Crippen LogP contribution is 2.31. The highest BCUT2D eigenvalue weighted by atomic mass is 35.5. The van der Waals surface area contributed by atoms with Gasteiger partial charge >= 0.3 is 5.97 Å². The van der Waals surface area contributed by atoms with Crippen molar-refractivity contribution in [2.75, 3.05) is 24.6 Å². The Kier molecular flexibility index (Phi) is 10.2. The Balaban J connectivity index is 0.00000380. The SMILES string of the molecule is CCOC(=O)[C@H](C)N([C@H]1CCN(c2ccc3c(c2)CCCNC3)C1=O)S(=O)(=O)C=Cc1ccc(Cl)s1.Cl. The Morgan fingerprint density at radius 2 is 2.11 bits per heavy atom. The van der Waals surface area contributed by atoms with Crippen molar-refractivity contribution in [1.29, 1.82) is 0 Å². The van der Waals surface area contributed by atoms with Gasteiger partial charge in [-0.1, -0.05) is 17.7 Å². The van der Waals surface area contributed by atoms with E-state index in [4.69, 9.17) is 16.3 Å². The van der Waals surface area contributed by atoms with Crippen molar-refractivity contribution in [2.45, 2.75) is 51.7 Å². The van der Waals surface area contributed by atoms with E-state index in [1.165, 1.54) is 35.5 Å². The number of fused-ring (bicyclic) bond motifs is 1. The molecule has 2 atom stereocenters. The molecule has 0 spiro atoms. The van der Waals surface area contributed by atoms with Gasteiger partial charge in [0, 0.05) is 29.1 Å². The van der Waals surface area contributed by atoms with E-state index in [-0.39, 0.29) is 31.3 Å². The first-order valence-corrected chi connectivity index (χ1v) is 14.7. The highest BCUT2D eigenvalue weighted by molar-refractivity contribution is 7.92. The molecule has 3 heterocycles. The maximum absolute atomic E-state index is 13.6. The molecule has 2 aromatic rings. The number of nitrogens with one attached hydrogen (secondary N) is 1. The fourth-order valence-electron chi connectivity index (χ4n) is 4.65. The molecule has 0 saturated carbocycles. The van der Waals surface area contributed by atoms with Crippen molar-refractivity contribution >= 4 is 69.0 Å². The molecule has 2 aliphatic heterocycles. The van der Waals surface area contributed by atoms with Gasteiger partial charge in [0.25, 0.3) is 0 Å². The molecule has 1 saturated heterocycles. The van der Waals surface area contributed by atoms with Gasteiger partial charge in [-0.15, -0.1) is 23.7 Å². The quantitative estimate of drug-likeness (QED) is 0.464. The Morgan fingerprint density at radius 3 is 2.81 bits per heavy atom. The van der Waals surface area contributed by atoms with Gasteiger partial charge in [-0.25, -0.2) is 8.42 Å². The maximum Gasteiger partial charge on any atom is 0.324 e. The van der Waals surface area contributed by atoms with Crippen LogP contribution in [0.2, 0.25) is 4.34 Å². The number of ether oxygens (including phenoxy) is 1. The van der Waals surface area contributed by atoms with E-state index in [9.17, 15) is 18.0 Å². The number of aryl methyl sites for hydroxylation is 1. The second-order valence-corrected chi connectivity index (χ2v) is 12.2. The molecule has 37 heavy (non-hydrogen) atoms. The molecular weight excluding hydrogens is 557 g/mol. The van der Waals surface area contributed by atoms with Crippen LogP contribution in [0.15, 0.2) is 35.7 Å². The summed E-state index contributed by atoms with van der Waals surface area (Å²) in [4.78, 5) is 28.5. The molecule has 1 fully saturated rings. The van der Waals surface area contributed by atoms with Crippen LogP contribution in [0.3, 0.4) is 0 Å². The summed E-state index contributed by atoms with van der Waals surface area (Å²) in [5.74, 6) is -1.05. The van der Waals surface area contributed by atoms with Crippen LogP contribution in [0.5, 0.6) is 0 Å². The smallest absolute Gasteiger partial charge is 0.324 e. The number of halogens is 2. The highest BCUT2D eigenvalue weighted by Gasteiger charge is 2.45. The number of hydrogen-bond donors (Lipinski definition) is 1. The number of amides is 1. The number of carbonyl (C=O) groups is 2. The zero-order valence-electron chi connectivity index (χ0n) is 20.7. The molecular formula is C25H31Cl2N3O5S2. The normalized spacial score (nSPS) is 19.0. The Bertz CT molecular complexity index is 1260. The molecule has 1 aromatic carbocycles. The standard InChI is InChI=1S/C25H30ClN3O5S2.ClH/c1-3-34-25(31)17(2)29(36(32,33)14-11-21-8-9-23(26)35-21)22-10-13-28(24(22)30)20-7-6-19-16-27-12-4-5-18(19)15-20;/h6-9,11,14-15,17,22,27H,3-5,10,12-13,16H2,1-2H3;1H/t17-,22-;/m0./s1. The second-order valence-electron chi connectivity index (χ2n) is 8.78. The van der Waals surface area contributed by atoms with Crippen molar-refractivity contribution < 1.29 is 22.7 Å². The monoisotopic (exact) mass is 587 g/mol. The summed E-state index contributed by atoms with van der Waals surface area (Å²) in [6.45, 7) is 5.30. The summed E-state index contributed by atoms with van der Waals surface area (Å²) in [6.07, 6.45) is 3.62. The van der Waals surface area contributed by atoms with Crippen molar-refractivity contribution in [3.63, 3.8) is 0 Å². The largest absolute Gasteiger partial charge is 0.465 e. The van der Waals surface area contributed by atoms with Gasteiger partial charge in [-0.3, -0.25) is 9.59 Å². The van der Waals surface area contributed by atoms with Crippen LogP contribution >= 0.6 is 35.3 Å². The number of esters is 1. The molecule has 1 amide bonds. The lowest BCUT2D eigenvalue weighted by Crippen LogP contribution is -2.52. The molecule has 1 aromatic heterocycles. The van der Waals surface area contributed by atoms with Crippen LogP contribution < -0.4 is 10.2 Å². The lowest BCUT2D eigenvalue weighted by atomic mass is 10.0. The predicted molar refractivity (Wildman–Crippen MR) is 150 cm³/mol. The van der Waals surface area contributed by atoms with Gasteiger partial charge in [0.15, 0.2) is 0 Å². The Morgan fingerprint density at radius 1 is 1.32 bits per heavy atom. The summed E-state index contributed by atoms with van der Waals surface area (Å²) in [7, 11) is -4.16. The van der Waals surface area contributed by atoms with Gasteiger partial charge in [0.1, 0.15) is 12.1 Å². The lowest BCUT2D eigenvalue weighted by Gasteiger charge is -2.30. The minimum absolute atomic E-state index is 0. The van der Waals surface area contributed by atoms with E-state index >= 15 is 0 Å². The first kappa shape index (κ1) is 29.6. The van der Waals surface area contributed by atoms with Crippen molar-refractivity contribution in [2.24, 2.45) is 0 Å². The predicted octanol–water partition coefficient (Wildman–Crippen LogP) is 4.22. The van der Waals surface area contributed by atoms with Crippen LogP contribution in [0, 0.1) is 0 Å². The third-order valence-electron chi connectivity index (χ3n) is 6.40. The zero-order chi connectivity index (χ0) is 25.9. The van der Waals surface area contributed by atoms with E-state index in [1.807, 2.05) is 18.2 Å². The van der Waals surface area contributed by atoms with Crippen LogP contribution in [0.1, 0.15) is 42.7 Å². The van der Waals surface area contributed by atoms with Crippen LogP contribution in [0.25, 0.3) is 6.08 Å². The average Bonchev–Trinajstić information content (AvgIpc) is 3.34. The van der Waals surface area contributed by atoms with E-state index in [0.29, 0.717) is 15.8 Å². The lowest BCUT2D eigenvalue weighted by molar-refractivity contribution is -0.147. The molecule has 1 N–H and O–H groups in total. The third-order valence-corrected chi connectivity index (χ3v) is 9.24. The summed E-state index contributed by atoms with van der Waals surface area (Å²) in [5, 5.41) is 4.41. The molecule has 12 heteroatoms. The number of sulfonamides is 1. The summed E-state index contributed by atoms with van der Waals surface area (Å²) in [5.41, 5.74) is 3.14. The summed E-state index contributed by atoms with van der Waals surface area (Å²) in [6, 6.07) is 7.14. The number of thiophene rings is 1. The average molecular weight is 589 g/mol. The van der Waals surface area contributed by atoms with E-state index in [2.05, 4.69) is 5.32 Å². The van der Waals surface area contributed by atoms with Crippen LogP contribution in [-0.4, -0.2) is 56.4 Å². The van der Waals surface area contributed by atoms with Crippen molar-refractivity contribution in [3.8, 4) is 0 Å². The molecule has 2 aliphatic rings. The number of hydrogen-bond acceptors (Lipinski definition) is 7. The number of rotatable bonds is 8. The van der Waals surface area contributed by atoms with E-state index in [1.54, 1.807) is 24.0 Å². The summed E-state index contributed by atoms with van der Waals surface area (Å²) < 4.78 is 33.6. The minimum atomic E-state index is -4.16. The maximum atomic E-state index is 13.6. The number of anilines is 1. The Labute approximate surface area is 233 Å². The van der Waals surface area contributed by atoms with E-state index < -0.39 is 28.1 Å². The molecule has 4 rings (SSSR count). The molecule has 0 bridgehead atoms. The Hall–Kier alpha value is -1.95. The molecule has 0 aliphatic carbocycles. The van der Waals surface area contributed by atoms with Gasteiger partial charge in [-0.05, 0) is 81.1 Å². The zero-order valence-corrected chi connectivity index (χ0v) is 23.9. The van der Waals surface area contributed by atoms with Crippen LogP contribution in [-0.2, 0) is 37.3 Å². The first-order valence-electron chi connectivity index (χ1n) is 12.0. The number of benzene rings is 1. The van der Waals surface area contributed by atoms with Gasteiger partial charge in [0.2, 0.25) is 15.9 Å². The third kappa shape index (κ3) is 6.74. The minimum Gasteiger partial charge on any atom is -0.465 e. The number of nitrogens with zero attached hydrogens (tertiary/aromatic N) is 2. The summed E-state index contributed by atoms with van der Waals surface area (Å²) >= 11 is 7.19. The van der Waals surface area contributed by atoms with Crippen LogP contribution in [0.4, 0.5) is 5.69 Å². The topological polar surface area (TPSA) is 96.0 Å². The molecule has 8 nitrogen and oxygen atoms in total. The first-order chi connectivity index (χ1) is 17.2. The van der Waals surface area contributed by atoms with Crippen molar-refractivity contribution in [1.82, 2.24) is 9.62 Å². The molecule has 0 radical (unpaired) electrons. The second kappa shape index (κ2) is 12.7. The van der Waals surface area contributed by atoms with Gasteiger partial charge in [-0.2, -0.15) is 4.31 Å². The fourth-order valence-corrected chi connectivity index (χ4v) is 7.23.